The van der Waals surface area contributed by atoms with Gasteiger partial charge in [-0.25, -0.2) is 0 Å². The van der Waals surface area contributed by atoms with Gasteiger partial charge in [0.2, 0.25) is 0 Å². The molecule has 2 atom stereocenters. The van der Waals surface area contributed by atoms with Crippen LogP contribution in [0.25, 0.3) is 0 Å². The van der Waals surface area contributed by atoms with Gasteiger partial charge >= 0.3 is 6.36 Å². The van der Waals surface area contributed by atoms with E-state index in [1.54, 1.807) is 12.1 Å². The second-order valence-corrected chi connectivity index (χ2v) is 5.83. The Hall–Kier alpha value is -0.950. The Morgan fingerprint density at radius 2 is 2.05 bits per heavy atom. The van der Waals surface area contributed by atoms with Gasteiger partial charge in [0.15, 0.2) is 0 Å². The van der Waals surface area contributed by atoms with Gasteiger partial charge in [0.05, 0.1) is 4.47 Å². The third kappa shape index (κ3) is 3.79. The molecule has 112 valence electrons. The van der Waals surface area contributed by atoms with Gasteiger partial charge < -0.3 is 15.0 Å². The Morgan fingerprint density at radius 1 is 1.35 bits per heavy atom. The maximum absolute atomic E-state index is 12.2. The maximum Gasteiger partial charge on any atom is 0.573 e. The van der Waals surface area contributed by atoms with E-state index in [-0.39, 0.29) is 11.8 Å². The first-order chi connectivity index (χ1) is 9.26. The fourth-order valence-electron chi connectivity index (χ4n) is 2.26. The van der Waals surface area contributed by atoms with Crippen LogP contribution in [0.15, 0.2) is 22.7 Å². The molecule has 0 aromatic heterocycles. The first-order valence-electron chi connectivity index (χ1n) is 6.31. The molecule has 0 spiro atoms. The minimum absolute atomic E-state index is 0.225. The fourth-order valence-corrected chi connectivity index (χ4v) is 2.70. The second kappa shape index (κ2) is 5.81. The van der Waals surface area contributed by atoms with Gasteiger partial charge in [0.25, 0.3) is 0 Å². The van der Waals surface area contributed by atoms with Crippen molar-refractivity contribution >= 4 is 21.6 Å². The third-order valence-corrected chi connectivity index (χ3v) is 3.86. The highest BCUT2D eigenvalue weighted by Crippen LogP contribution is 2.34. The summed E-state index contributed by atoms with van der Waals surface area (Å²) in [6.45, 7) is 5.81. The molecule has 2 unspecified atom stereocenters. The van der Waals surface area contributed by atoms with Gasteiger partial charge in [-0.05, 0) is 48.0 Å². The highest BCUT2D eigenvalue weighted by atomic mass is 79.9. The van der Waals surface area contributed by atoms with Crippen LogP contribution in [-0.4, -0.2) is 31.5 Å². The van der Waals surface area contributed by atoms with E-state index in [0.717, 1.165) is 18.8 Å². The lowest BCUT2D eigenvalue weighted by Gasteiger charge is -2.39. The van der Waals surface area contributed by atoms with E-state index in [0.29, 0.717) is 10.5 Å². The SMILES string of the molecule is CC1CN(c2ccc(OC(F)(F)F)c(Br)c2)C(C)CN1. The quantitative estimate of drug-likeness (QED) is 0.880. The molecule has 3 nitrogen and oxygen atoms in total. The number of hydrogen-bond acceptors (Lipinski definition) is 3. The molecule has 1 aliphatic rings. The number of rotatable bonds is 2. The number of nitrogens with zero attached hydrogens (tertiary/aromatic N) is 1. The number of halogens is 4. The molecule has 0 radical (unpaired) electrons. The molecule has 1 N–H and O–H groups in total. The Bertz CT molecular complexity index is 481. The summed E-state index contributed by atoms with van der Waals surface area (Å²) in [5.41, 5.74) is 0.882. The van der Waals surface area contributed by atoms with E-state index in [4.69, 9.17) is 0 Å². The van der Waals surface area contributed by atoms with Crippen molar-refractivity contribution in [1.82, 2.24) is 5.32 Å². The topological polar surface area (TPSA) is 24.5 Å². The van der Waals surface area contributed by atoms with Gasteiger partial charge in [-0.1, -0.05) is 0 Å². The van der Waals surface area contributed by atoms with E-state index in [1.807, 2.05) is 0 Å². The average Bonchev–Trinajstić information content (AvgIpc) is 2.33. The summed E-state index contributed by atoms with van der Waals surface area (Å²) >= 11 is 3.13. The summed E-state index contributed by atoms with van der Waals surface area (Å²) < 4.78 is 40.9. The summed E-state index contributed by atoms with van der Waals surface area (Å²) in [5.74, 6) is -0.225. The molecule has 0 aliphatic carbocycles. The van der Waals surface area contributed by atoms with E-state index in [1.165, 1.54) is 6.07 Å². The van der Waals surface area contributed by atoms with Crippen LogP contribution in [-0.2, 0) is 0 Å². The van der Waals surface area contributed by atoms with Gasteiger partial charge in [0, 0.05) is 30.9 Å². The van der Waals surface area contributed by atoms with Gasteiger partial charge in [-0.15, -0.1) is 13.2 Å². The van der Waals surface area contributed by atoms with Crippen molar-refractivity contribution < 1.29 is 17.9 Å². The summed E-state index contributed by atoms with van der Waals surface area (Å²) in [4.78, 5) is 2.17. The van der Waals surface area contributed by atoms with E-state index < -0.39 is 6.36 Å². The highest BCUT2D eigenvalue weighted by Gasteiger charge is 2.32. The largest absolute Gasteiger partial charge is 0.573 e. The molecule has 1 aromatic carbocycles. The molecule has 7 heteroatoms. The number of nitrogens with one attached hydrogen (secondary N) is 1. The Labute approximate surface area is 124 Å². The van der Waals surface area contributed by atoms with Gasteiger partial charge in [0.1, 0.15) is 5.75 Å². The van der Waals surface area contributed by atoms with E-state index >= 15 is 0 Å². The monoisotopic (exact) mass is 352 g/mol. The lowest BCUT2D eigenvalue weighted by molar-refractivity contribution is -0.274. The van der Waals surface area contributed by atoms with Gasteiger partial charge in [-0.2, -0.15) is 0 Å². The zero-order valence-electron chi connectivity index (χ0n) is 11.2. The predicted molar refractivity (Wildman–Crippen MR) is 75.1 cm³/mol. The smallest absolute Gasteiger partial charge is 0.405 e. The Balaban J connectivity index is 2.20. The molecule has 0 amide bonds. The molecule has 1 heterocycles. The molecular formula is C13H16BrF3N2O. The number of piperazine rings is 1. The van der Waals surface area contributed by atoms with Crippen LogP contribution in [0.3, 0.4) is 0 Å². The van der Waals surface area contributed by atoms with Crippen molar-refractivity contribution in [3.05, 3.63) is 22.7 Å². The van der Waals surface area contributed by atoms with Crippen molar-refractivity contribution in [2.24, 2.45) is 0 Å². The normalized spacial score (nSPS) is 23.8. The van der Waals surface area contributed by atoms with E-state index in [9.17, 15) is 13.2 Å². The molecule has 0 bridgehead atoms. The third-order valence-electron chi connectivity index (χ3n) is 3.24. The summed E-state index contributed by atoms with van der Waals surface area (Å²) in [7, 11) is 0. The molecule has 1 aliphatic heterocycles. The number of hydrogen-bond donors (Lipinski definition) is 1. The van der Waals surface area contributed by atoms with Crippen LogP contribution in [0.1, 0.15) is 13.8 Å². The van der Waals surface area contributed by atoms with Crippen LogP contribution in [0, 0.1) is 0 Å². The number of benzene rings is 1. The van der Waals surface area contributed by atoms with Crippen LogP contribution in [0.5, 0.6) is 5.75 Å². The lowest BCUT2D eigenvalue weighted by atomic mass is 10.1. The molecular weight excluding hydrogens is 337 g/mol. The second-order valence-electron chi connectivity index (χ2n) is 4.97. The molecule has 20 heavy (non-hydrogen) atoms. The minimum Gasteiger partial charge on any atom is -0.405 e. The molecule has 2 rings (SSSR count). The summed E-state index contributed by atoms with van der Waals surface area (Å²) in [6.07, 6.45) is -4.68. The van der Waals surface area contributed by atoms with Crippen molar-refractivity contribution in [2.75, 3.05) is 18.0 Å². The standard InChI is InChI=1S/C13H16BrF3N2O/c1-8-7-19(9(2)6-18-8)10-3-4-12(11(14)5-10)20-13(15,16)17/h3-5,8-9,18H,6-7H2,1-2H3. The highest BCUT2D eigenvalue weighted by molar-refractivity contribution is 9.10. The molecule has 0 saturated carbocycles. The zero-order chi connectivity index (χ0) is 14.9. The zero-order valence-corrected chi connectivity index (χ0v) is 12.8. The van der Waals surface area contributed by atoms with Crippen molar-refractivity contribution in [3.63, 3.8) is 0 Å². The Morgan fingerprint density at radius 3 is 2.65 bits per heavy atom. The van der Waals surface area contributed by atoms with E-state index in [2.05, 4.69) is 44.7 Å². The first kappa shape index (κ1) is 15.4. The molecule has 1 fully saturated rings. The Kier molecular flexibility index (Phi) is 4.49. The first-order valence-corrected chi connectivity index (χ1v) is 7.11. The maximum atomic E-state index is 12.2. The van der Waals surface area contributed by atoms with Crippen LogP contribution >= 0.6 is 15.9 Å². The summed E-state index contributed by atoms with van der Waals surface area (Å²) in [6, 6.07) is 5.28. The number of ether oxygens (including phenoxy) is 1. The van der Waals surface area contributed by atoms with Crippen molar-refractivity contribution in [3.8, 4) is 5.75 Å². The molecule has 1 saturated heterocycles. The van der Waals surface area contributed by atoms with Crippen molar-refractivity contribution in [1.29, 1.82) is 0 Å². The predicted octanol–water partition coefficient (Wildman–Crippen LogP) is 3.53. The fraction of sp³-hybridized carbons (Fsp3) is 0.538. The van der Waals surface area contributed by atoms with Crippen LogP contribution < -0.4 is 15.0 Å². The molecule has 1 aromatic rings. The lowest BCUT2D eigenvalue weighted by Crippen LogP contribution is -2.54. The minimum atomic E-state index is -4.68. The number of anilines is 1. The average molecular weight is 353 g/mol. The summed E-state index contributed by atoms with van der Waals surface area (Å²) in [5, 5.41) is 3.36. The van der Waals surface area contributed by atoms with Gasteiger partial charge in [-0.3, -0.25) is 0 Å². The van der Waals surface area contributed by atoms with Crippen LogP contribution in [0.4, 0.5) is 18.9 Å². The van der Waals surface area contributed by atoms with Crippen LogP contribution in [0.2, 0.25) is 0 Å². The number of alkyl halides is 3. The van der Waals surface area contributed by atoms with Crippen molar-refractivity contribution in [2.45, 2.75) is 32.3 Å².